The number of nitro benzene ring substituents is 4. The molecule has 0 radical (unpaired) electrons. The second kappa shape index (κ2) is 7.59. The lowest BCUT2D eigenvalue weighted by atomic mass is 10.1. The van der Waals surface area contributed by atoms with Gasteiger partial charge in [-0.2, -0.15) is 0 Å². The smallest absolute Gasteiger partial charge is 0.350 e. The first kappa shape index (κ1) is 20.7. The molecule has 15 heteroatoms. The molecule has 0 N–H and O–H groups in total. The van der Waals surface area contributed by atoms with Crippen LogP contribution in [0.15, 0.2) is 29.4 Å². The van der Waals surface area contributed by atoms with Crippen molar-refractivity contribution in [2.45, 2.75) is 13.8 Å². The van der Waals surface area contributed by atoms with Gasteiger partial charge >= 0.3 is 17.1 Å². The summed E-state index contributed by atoms with van der Waals surface area (Å²) in [5.41, 5.74) is -4.54. The van der Waals surface area contributed by atoms with Crippen LogP contribution >= 0.6 is 0 Å². The Morgan fingerprint density at radius 2 is 1.10 bits per heavy atom. The minimum atomic E-state index is -1.03. The molecule has 0 atom stereocenters. The van der Waals surface area contributed by atoms with Crippen molar-refractivity contribution in [3.63, 3.8) is 0 Å². The van der Waals surface area contributed by atoms with Gasteiger partial charge in [0.25, 0.3) is 11.4 Å². The number of aryl methyl sites for hydroxylation is 2. The molecular weight excluding hydrogens is 396 g/mol. The molecule has 0 amide bonds. The summed E-state index contributed by atoms with van der Waals surface area (Å²) in [6.45, 7) is 2.41. The zero-order chi connectivity index (χ0) is 22.0. The van der Waals surface area contributed by atoms with E-state index >= 15 is 0 Å². The SMILES string of the molecule is Cc1cc([N+](=O)[O-])cc([N+](=O)[O-])c1N=[N+]([O-])c1c(C)cc([N+](=O)[O-])cc1[N+](=O)[O-]. The van der Waals surface area contributed by atoms with E-state index in [-0.39, 0.29) is 16.0 Å². The average Bonchev–Trinajstić information content (AvgIpc) is 2.61. The van der Waals surface area contributed by atoms with E-state index in [0.717, 1.165) is 12.1 Å². The van der Waals surface area contributed by atoms with Gasteiger partial charge in [-0.3, -0.25) is 40.5 Å². The van der Waals surface area contributed by atoms with E-state index < -0.39 is 53.8 Å². The first-order valence-electron chi connectivity index (χ1n) is 7.49. The summed E-state index contributed by atoms with van der Waals surface area (Å²) in [4.78, 5) is 40.2. The summed E-state index contributed by atoms with van der Waals surface area (Å²) in [5.74, 6) is 0. The Morgan fingerprint density at radius 1 is 0.655 bits per heavy atom. The van der Waals surface area contributed by atoms with Crippen molar-refractivity contribution in [2.75, 3.05) is 0 Å². The third-order valence-corrected chi connectivity index (χ3v) is 3.73. The second-order valence-corrected chi connectivity index (χ2v) is 5.66. The molecule has 15 nitrogen and oxygen atoms in total. The van der Waals surface area contributed by atoms with Gasteiger partial charge in [-0.15, -0.1) is 0 Å². The van der Waals surface area contributed by atoms with E-state index in [4.69, 9.17) is 0 Å². The van der Waals surface area contributed by atoms with Crippen molar-refractivity contribution in [1.29, 1.82) is 0 Å². The zero-order valence-corrected chi connectivity index (χ0v) is 14.7. The minimum absolute atomic E-state index is 0.103. The molecule has 0 saturated carbocycles. The van der Waals surface area contributed by atoms with Crippen molar-refractivity contribution in [3.05, 3.63) is 81.1 Å². The highest BCUT2D eigenvalue weighted by atomic mass is 16.6. The summed E-state index contributed by atoms with van der Waals surface area (Å²) in [7, 11) is 0. The predicted molar refractivity (Wildman–Crippen MR) is 94.4 cm³/mol. The molecule has 0 aliphatic carbocycles. The second-order valence-electron chi connectivity index (χ2n) is 5.66. The Morgan fingerprint density at radius 3 is 1.55 bits per heavy atom. The monoisotopic (exact) mass is 406 g/mol. The van der Waals surface area contributed by atoms with E-state index in [0.29, 0.717) is 12.1 Å². The minimum Gasteiger partial charge on any atom is -0.594 e. The molecule has 0 unspecified atom stereocenters. The average molecular weight is 406 g/mol. The molecule has 2 aromatic rings. The maximum absolute atomic E-state index is 12.5. The number of nitro groups is 4. The highest BCUT2D eigenvalue weighted by Crippen LogP contribution is 2.39. The number of azo groups is 1. The fraction of sp³-hybridized carbons (Fsp3) is 0.143. The van der Waals surface area contributed by atoms with Crippen LogP contribution in [0.4, 0.5) is 34.1 Å². The Bertz CT molecular complexity index is 1110. The summed E-state index contributed by atoms with van der Waals surface area (Å²) in [5, 5.41) is 60.3. The van der Waals surface area contributed by atoms with Crippen molar-refractivity contribution in [2.24, 2.45) is 5.11 Å². The fourth-order valence-corrected chi connectivity index (χ4v) is 2.49. The van der Waals surface area contributed by atoms with E-state index in [1.54, 1.807) is 0 Å². The van der Waals surface area contributed by atoms with Crippen LogP contribution in [0.3, 0.4) is 0 Å². The predicted octanol–water partition coefficient (Wildman–Crippen LogP) is 3.86. The summed E-state index contributed by atoms with van der Waals surface area (Å²) in [6.07, 6.45) is 0. The van der Waals surface area contributed by atoms with Crippen LogP contribution in [0.2, 0.25) is 0 Å². The number of rotatable bonds is 6. The van der Waals surface area contributed by atoms with Crippen LogP contribution in [-0.2, 0) is 0 Å². The molecule has 0 bridgehead atoms. The maximum Gasteiger partial charge on any atom is 0.350 e. The zero-order valence-electron chi connectivity index (χ0n) is 14.7. The standard InChI is InChI=1S/C14H10N6O9/c1-7-3-9(17(22)23)5-11(19(26)27)13(7)15-16(21)14-8(2)4-10(18(24)25)6-12(14)20(28)29/h3-6H,1-2H3. The van der Waals surface area contributed by atoms with E-state index in [1.165, 1.54) is 13.8 Å². The molecule has 0 aliphatic heterocycles. The summed E-state index contributed by atoms with van der Waals surface area (Å²) < 4.78 is 0. The Hall–Kier alpha value is -4.56. The number of non-ortho nitro benzene ring substituents is 2. The highest BCUT2D eigenvalue weighted by Gasteiger charge is 2.31. The van der Waals surface area contributed by atoms with Crippen LogP contribution < -0.4 is 0 Å². The Labute approximate surface area is 159 Å². The molecule has 150 valence electrons. The largest absolute Gasteiger partial charge is 0.594 e. The van der Waals surface area contributed by atoms with Crippen LogP contribution in [0.1, 0.15) is 11.1 Å². The van der Waals surface area contributed by atoms with Crippen LogP contribution in [0, 0.1) is 59.5 Å². The lowest BCUT2D eigenvalue weighted by Gasteiger charge is -2.06. The number of benzene rings is 2. The van der Waals surface area contributed by atoms with Gasteiger partial charge in [-0.25, -0.2) is 0 Å². The van der Waals surface area contributed by atoms with Crippen LogP contribution in [-0.4, -0.2) is 24.6 Å². The topological polar surface area (TPSA) is 211 Å². The molecule has 0 aromatic heterocycles. The van der Waals surface area contributed by atoms with Crippen molar-refractivity contribution in [1.82, 2.24) is 0 Å². The van der Waals surface area contributed by atoms with Gasteiger partial charge in [0.05, 0.1) is 25.8 Å². The molecular formula is C14H10N6O9. The van der Waals surface area contributed by atoms with Crippen molar-refractivity contribution in [3.8, 4) is 0 Å². The van der Waals surface area contributed by atoms with Crippen molar-refractivity contribution >= 4 is 34.1 Å². The van der Waals surface area contributed by atoms with E-state index in [1.807, 2.05) is 0 Å². The number of nitrogens with zero attached hydrogens (tertiary/aromatic N) is 6. The third kappa shape index (κ3) is 4.07. The van der Waals surface area contributed by atoms with Gasteiger partial charge in [0, 0.05) is 22.8 Å². The highest BCUT2D eigenvalue weighted by molar-refractivity contribution is 5.67. The van der Waals surface area contributed by atoms with E-state index in [2.05, 4.69) is 5.11 Å². The Kier molecular flexibility index (Phi) is 5.43. The van der Waals surface area contributed by atoms with Crippen molar-refractivity contribution < 1.29 is 24.6 Å². The van der Waals surface area contributed by atoms with Gasteiger partial charge in [-0.05, 0) is 24.3 Å². The lowest BCUT2D eigenvalue weighted by Crippen LogP contribution is -2.03. The summed E-state index contributed by atoms with van der Waals surface area (Å²) in [6, 6.07) is 2.99. The van der Waals surface area contributed by atoms with Gasteiger partial charge in [0.1, 0.15) is 6.07 Å². The quantitative estimate of drug-likeness (QED) is 0.294. The first-order valence-corrected chi connectivity index (χ1v) is 7.49. The van der Waals surface area contributed by atoms with Gasteiger partial charge in [0.15, 0.2) is 0 Å². The molecule has 0 heterocycles. The van der Waals surface area contributed by atoms with Crippen LogP contribution in [0.25, 0.3) is 0 Å². The van der Waals surface area contributed by atoms with E-state index in [9.17, 15) is 45.7 Å². The normalized spacial score (nSPS) is 11.2. The molecule has 0 spiro atoms. The lowest BCUT2D eigenvalue weighted by molar-refractivity contribution is -0.456. The molecule has 0 saturated heterocycles. The number of hydrogen-bond donors (Lipinski definition) is 0. The van der Waals surface area contributed by atoms with Crippen LogP contribution in [0.5, 0.6) is 0 Å². The fourth-order valence-electron chi connectivity index (χ4n) is 2.49. The molecule has 2 aromatic carbocycles. The summed E-state index contributed by atoms with van der Waals surface area (Å²) >= 11 is 0. The maximum atomic E-state index is 12.5. The van der Waals surface area contributed by atoms with Gasteiger partial charge in [0.2, 0.25) is 5.69 Å². The molecule has 2 rings (SSSR count). The Balaban J connectivity index is 2.78. The molecule has 0 fully saturated rings. The first-order chi connectivity index (χ1) is 13.4. The van der Waals surface area contributed by atoms with Gasteiger partial charge < -0.3 is 5.21 Å². The van der Waals surface area contributed by atoms with Gasteiger partial charge in [-0.1, -0.05) is 0 Å². The molecule has 29 heavy (non-hydrogen) atoms. The molecule has 0 aliphatic rings. The third-order valence-electron chi connectivity index (χ3n) is 3.73. The number of hydrogen-bond acceptors (Lipinski definition) is 10.